The Bertz CT molecular complexity index is 1020. The van der Waals surface area contributed by atoms with Crippen LogP contribution in [0.3, 0.4) is 0 Å². The fourth-order valence-corrected chi connectivity index (χ4v) is 3.60. The summed E-state index contributed by atoms with van der Waals surface area (Å²) in [5, 5.41) is 3.31. The molecule has 7 nitrogen and oxygen atoms in total. The number of para-hydroxylation sites is 2. The highest BCUT2D eigenvalue weighted by Crippen LogP contribution is 2.20. The molecule has 130 valence electrons. The Morgan fingerprint density at radius 2 is 1.92 bits per heavy atom. The van der Waals surface area contributed by atoms with Gasteiger partial charge in [0.25, 0.3) is 5.56 Å². The van der Waals surface area contributed by atoms with Crippen molar-refractivity contribution >= 4 is 17.0 Å². The number of anilines is 1. The molecule has 2 aromatic heterocycles. The highest BCUT2D eigenvalue weighted by atomic mass is 16.1. The van der Waals surface area contributed by atoms with E-state index < -0.39 is 0 Å². The van der Waals surface area contributed by atoms with E-state index in [0.29, 0.717) is 17.7 Å². The highest BCUT2D eigenvalue weighted by molar-refractivity contribution is 5.75. The summed E-state index contributed by atoms with van der Waals surface area (Å²) in [5.41, 5.74) is 1.94. The second-order valence-electron chi connectivity index (χ2n) is 6.63. The average molecular weight is 339 g/mol. The number of imidazole rings is 1. The van der Waals surface area contributed by atoms with Crippen LogP contribution in [0.5, 0.6) is 0 Å². The average Bonchev–Trinajstić information content (AvgIpc) is 3.18. The minimum Gasteiger partial charge on any atom is -0.353 e. The lowest BCUT2D eigenvalue weighted by Crippen LogP contribution is -2.25. The van der Waals surface area contributed by atoms with E-state index in [-0.39, 0.29) is 17.8 Å². The van der Waals surface area contributed by atoms with E-state index in [2.05, 4.69) is 15.3 Å². The lowest BCUT2D eigenvalue weighted by atomic mass is 10.2. The number of hydrogen-bond acceptors (Lipinski definition) is 4. The molecule has 3 aromatic rings. The summed E-state index contributed by atoms with van der Waals surface area (Å²) in [6, 6.07) is 9.43. The highest BCUT2D eigenvalue weighted by Gasteiger charge is 2.16. The number of hydrogen-bond donors (Lipinski definition) is 2. The molecule has 0 radical (unpaired) electrons. The van der Waals surface area contributed by atoms with E-state index in [9.17, 15) is 9.59 Å². The van der Waals surface area contributed by atoms with Crippen LogP contribution in [0.25, 0.3) is 11.0 Å². The molecule has 1 fully saturated rings. The SMILES string of the molecule is Cn1c(=O)n(Cc2cc(=O)[nH]c(NC3CCCC3)n2)c2ccccc21. The largest absolute Gasteiger partial charge is 0.353 e. The van der Waals surface area contributed by atoms with Gasteiger partial charge in [0.2, 0.25) is 5.95 Å². The number of nitrogens with zero attached hydrogens (tertiary/aromatic N) is 3. The summed E-state index contributed by atoms with van der Waals surface area (Å²) in [4.78, 5) is 31.8. The summed E-state index contributed by atoms with van der Waals surface area (Å²) in [7, 11) is 1.75. The van der Waals surface area contributed by atoms with Gasteiger partial charge in [-0.25, -0.2) is 9.78 Å². The monoisotopic (exact) mass is 339 g/mol. The quantitative estimate of drug-likeness (QED) is 0.759. The van der Waals surface area contributed by atoms with Crippen LogP contribution in [0.15, 0.2) is 39.9 Å². The molecule has 0 saturated heterocycles. The summed E-state index contributed by atoms with van der Waals surface area (Å²) < 4.78 is 3.26. The molecule has 1 aliphatic rings. The van der Waals surface area contributed by atoms with Gasteiger partial charge in [0.05, 0.1) is 23.3 Å². The van der Waals surface area contributed by atoms with E-state index in [1.807, 2.05) is 24.3 Å². The van der Waals surface area contributed by atoms with Gasteiger partial charge in [0.15, 0.2) is 0 Å². The fourth-order valence-electron chi connectivity index (χ4n) is 3.60. The number of H-pyrrole nitrogens is 1. The molecule has 0 amide bonds. The number of aromatic amines is 1. The summed E-state index contributed by atoms with van der Waals surface area (Å²) in [6.45, 7) is 0.267. The standard InChI is InChI=1S/C18H21N5O2/c1-22-14-8-4-5-9-15(14)23(18(22)25)11-13-10-16(24)21-17(20-13)19-12-6-2-3-7-12/h4-5,8-10,12H,2-3,6-7,11H2,1H3,(H2,19,20,21,24). The van der Waals surface area contributed by atoms with Gasteiger partial charge in [-0.2, -0.15) is 0 Å². The smallest absolute Gasteiger partial charge is 0.329 e. The lowest BCUT2D eigenvalue weighted by Gasteiger charge is -2.13. The number of rotatable bonds is 4. The molecule has 1 saturated carbocycles. The predicted molar refractivity (Wildman–Crippen MR) is 97.0 cm³/mol. The van der Waals surface area contributed by atoms with Gasteiger partial charge in [0.1, 0.15) is 0 Å². The van der Waals surface area contributed by atoms with E-state index in [1.165, 1.54) is 18.9 Å². The molecule has 2 N–H and O–H groups in total. The zero-order chi connectivity index (χ0) is 17.4. The van der Waals surface area contributed by atoms with Crippen LogP contribution in [0, 0.1) is 0 Å². The molecular weight excluding hydrogens is 318 g/mol. The summed E-state index contributed by atoms with van der Waals surface area (Å²) in [5.74, 6) is 0.489. The number of nitrogens with one attached hydrogen (secondary N) is 2. The van der Waals surface area contributed by atoms with Crippen molar-refractivity contribution in [3.05, 3.63) is 56.9 Å². The Hall–Kier alpha value is -2.83. The number of aromatic nitrogens is 4. The molecule has 1 aromatic carbocycles. The molecule has 0 spiro atoms. The topological polar surface area (TPSA) is 84.7 Å². The van der Waals surface area contributed by atoms with Crippen LogP contribution < -0.4 is 16.6 Å². The Kier molecular flexibility index (Phi) is 3.91. The second-order valence-corrected chi connectivity index (χ2v) is 6.63. The molecule has 0 unspecified atom stereocenters. The van der Waals surface area contributed by atoms with Crippen molar-refractivity contribution in [2.45, 2.75) is 38.3 Å². The van der Waals surface area contributed by atoms with E-state index in [0.717, 1.165) is 23.9 Å². The van der Waals surface area contributed by atoms with Gasteiger partial charge in [0, 0.05) is 19.2 Å². The molecule has 4 rings (SSSR count). The molecule has 25 heavy (non-hydrogen) atoms. The third-order valence-corrected chi connectivity index (χ3v) is 4.86. The first kappa shape index (κ1) is 15.7. The normalized spacial score (nSPS) is 15.1. The van der Waals surface area contributed by atoms with Crippen LogP contribution in [0.4, 0.5) is 5.95 Å². The number of fused-ring (bicyclic) bond motifs is 1. The summed E-state index contributed by atoms with van der Waals surface area (Å²) in [6.07, 6.45) is 4.59. The van der Waals surface area contributed by atoms with Crippen molar-refractivity contribution < 1.29 is 0 Å². The Balaban J connectivity index is 1.69. The fraction of sp³-hybridized carbons (Fsp3) is 0.389. The first-order valence-electron chi connectivity index (χ1n) is 8.63. The third-order valence-electron chi connectivity index (χ3n) is 4.86. The van der Waals surface area contributed by atoms with Crippen molar-refractivity contribution in [3.8, 4) is 0 Å². The van der Waals surface area contributed by atoms with Crippen molar-refractivity contribution in [3.63, 3.8) is 0 Å². The molecule has 2 heterocycles. The van der Waals surface area contributed by atoms with Crippen LogP contribution in [0.1, 0.15) is 31.4 Å². The van der Waals surface area contributed by atoms with Gasteiger partial charge in [-0.15, -0.1) is 0 Å². The van der Waals surface area contributed by atoms with Gasteiger partial charge >= 0.3 is 5.69 Å². The number of aryl methyl sites for hydroxylation is 1. The number of benzene rings is 1. The first-order valence-corrected chi connectivity index (χ1v) is 8.63. The molecule has 7 heteroatoms. The second kappa shape index (κ2) is 6.23. The Labute approximate surface area is 144 Å². The Morgan fingerprint density at radius 3 is 2.68 bits per heavy atom. The molecule has 0 bridgehead atoms. The van der Waals surface area contributed by atoms with Gasteiger partial charge in [-0.05, 0) is 25.0 Å². The minimum absolute atomic E-state index is 0.117. The Morgan fingerprint density at radius 1 is 1.20 bits per heavy atom. The van der Waals surface area contributed by atoms with Gasteiger partial charge in [-0.3, -0.25) is 18.9 Å². The van der Waals surface area contributed by atoms with Crippen molar-refractivity contribution in [1.29, 1.82) is 0 Å². The van der Waals surface area contributed by atoms with E-state index in [4.69, 9.17) is 0 Å². The van der Waals surface area contributed by atoms with Crippen molar-refractivity contribution in [2.75, 3.05) is 5.32 Å². The predicted octanol–water partition coefficient (Wildman–Crippen LogP) is 1.83. The van der Waals surface area contributed by atoms with Crippen LogP contribution in [-0.2, 0) is 13.6 Å². The van der Waals surface area contributed by atoms with Crippen molar-refractivity contribution in [2.24, 2.45) is 7.05 Å². The maximum absolute atomic E-state index is 12.5. The van der Waals surface area contributed by atoms with Gasteiger partial charge < -0.3 is 5.32 Å². The van der Waals surface area contributed by atoms with Gasteiger partial charge in [-0.1, -0.05) is 25.0 Å². The van der Waals surface area contributed by atoms with Crippen LogP contribution >= 0.6 is 0 Å². The van der Waals surface area contributed by atoms with E-state index in [1.54, 1.807) is 16.2 Å². The summed E-state index contributed by atoms with van der Waals surface area (Å²) >= 11 is 0. The lowest BCUT2D eigenvalue weighted by molar-refractivity contribution is 0.710. The molecule has 0 atom stereocenters. The van der Waals surface area contributed by atoms with Crippen molar-refractivity contribution in [1.82, 2.24) is 19.1 Å². The molecule has 0 aliphatic heterocycles. The third kappa shape index (κ3) is 2.97. The van der Waals surface area contributed by atoms with Crippen LogP contribution in [0.2, 0.25) is 0 Å². The molecule has 1 aliphatic carbocycles. The van der Waals surface area contributed by atoms with Crippen LogP contribution in [-0.4, -0.2) is 25.1 Å². The maximum atomic E-state index is 12.5. The first-order chi connectivity index (χ1) is 12.1. The minimum atomic E-state index is -0.209. The maximum Gasteiger partial charge on any atom is 0.329 e. The van der Waals surface area contributed by atoms with E-state index >= 15 is 0 Å². The molecular formula is C18H21N5O2. The zero-order valence-electron chi connectivity index (χ0n) is 14.2. The zero-order valence-corrected chi connectivity index (χ0v) is 14.2.